The zero-order valence-corrected chi connectivity index (χ0v) is 9.75. The molecule has 3 N–H and O–H groups in total. The number of hydrogen-bond donors (Lipinski definition) is 2. The second kappa shape index (κ2) is 5.09. The molecular formula is C10H14N2O3S. The lowest BCUT2D eigenvalue weighted by atomic mass is 10.1. The molecule has 6 heteroatoms. The number of nitrogens with one attached hydrogen (secondary N) is 1. The van der Waals surface area contributed by atoms with Gasteiger partial charge in [-0.15, -0.1) is 0 Å². The molecule has 5 nitrogen and oxygen atoms in total. The number of para-hydroxylation sites is 1. The van der Waals surface area contributed by atoms with Crippen LogP contribution in [0.1, 0.15) is 16.8 Å². The van der Waals surface area contributed by atoms with Crippen LogP contribution in [-0.4, -0.2) is 27.0 Å². The fraction of sp³-hybridized carbons (Fsp3) is 0.300. The summed E-state index contributed by atoms with van der Waals surface area (Å²) in [5.41, 5.74) is 5.93. The molecule has 0 unspecified atom stereocenters. The fourth-order valence-corrected chi connectivity index (χ4v) is 1.86. The van der Waals surface area contributed by atoms with Crippen molar-refractivity contribution in [3.63, 3.8) is 0 Å². The van der Waals surface area contributed by atoms with E-state index < -0.39 is 10.0 Å². The summed E-state index contributed by atoms with van der Waals surface area (Å²) in [7, 11) is -3.38. The van der Waals surface area contributed by atoms with Crippen molar-refractivity contribution in [2.75, 3.05) is 17.5 Å². The standard InChI is InChI=1S/C10H14N2O3S/c1-16(14,15)12-9-5-3-2-4-8(9)10(13)6-7-11/h2-5,12H,6-7,11H2,1H3. The van der Waals surface area contributed by atoms with E-state index in [-0.39, 0.29) is 18.7 Å². The number of Topliss-reactive ketones (excluding diaryl/α,β-unsaturated/α-hetero) is 1. The molecular weight excluding hydrogens is 228 g/mol. The first kappa shape index (κ1) is 12.7. The lowest BCUT2D eigenvalue weighted by Crippen LogP contribution is -2.14. The maximum atomic E-state index is 11.6. The van der Waals surface area contributed by atoms with Gasteiger partial charge in [0.25, 0.3) is 0 Å². The largest absolute Gasteiger partial charge is 0.330 e. The van der Waals surface area contributed by atoms with Crippen LogP contribution in [0.5, 0.6) is 0 Å². The van der Waals surface area contributed by atoms with Gasteiger partial charge in [-0.3, -0.25) is 9.52 Å². The summed E-state index contributed by atoms with van der Waals surface area (Å²) in [6, 6.07) is 6.46. The van der Waals surface area contributed by atoms with Gasteiger partial charge < -0.3 is 5.73 Å². The number of ketones is 1. The molecule has 88 valence electrons. The molecule has 0 saturated heterocycles. The smallest absolute Gasteiger partial charge is 0.229 e. The van der Waals surface area contributed by atoms with Crippen molar-refractivity contribution in [2.24, 2.45) is 5.73 Å². The summed E-state index contributed by atoms with van der Waals surface area (Å²) in [5.74, 6) is -0.172. The summed E-state index contributed by atoms with van der Waals surface area (Å²) in [6.07, 6.45) is 1.24. The Balaban J connectivity index is 3.05. The zero-order valence-electron chi connectivity index (χ0n) is 8.93. The van der Waals surface area contributed by atoms with Gasteiger partial charge in [0.15, 0.2) is 5.78 Å². The molecule has 0 aliphatic carbocycles. The Morgan fingerprint density at radius 2 is 2.00 bits per heavy atom. The van der Waals surface area contributed by atoms with E-state index in [0.717, 1.165) is 6.26 Å². The molecule has 0 radical (unpaired) electrons. The van der Waals surface area contributed by atoms with Gasteiger partial charge in [0.2, 0.25) is 10.0 Å². The lowest BCUT2D eigenvalue weighted by Gasteiger charge is -2.08. The minimum atomic E-state index is -3.38. The molecule has 1 aromatic rings. The van der Waals surface area contributed by atoms with Gasteiger partial charge in [-0.1, -0.05) is 12.1 Å². The first-order chi connectivity index (χ1) is 7.44. The second-order valence-corrected chi connectivity index (χ2v) is 5.13. The molecule has 1 rings (SSSR count). The number of nitrogens with two attached hydrogens (primary N) is 1. The third-order valence-electron chi connectivity index (χ3n) is 1.89. The summed E-state index contributed by atoms with van der Waals surface area (Å²) >= 11 is 0. The van der Waals surface area contributed by atoms with Crippen molar-refractivity contribution in [1.29, 1.82) is 0 Å². The number of rotatable bonds is 5. The second-order valence-electron chi connectivity index (χ2n) is 3.38. The molecule has 1 aromatic carbocycles. The average Bonchev–Trinajstić information content (AvgIpc) is 2.16. The van der Waals surface area contributed by atoms with Crippen molar-refractivity contribution in [3.05, 3.63) is 29.8 Å². The van der Waals surface area contributed by atoms with Crippen LogP contribution >= 0.6 is 0 Å². The summed E-state index contributed by atoms with van der Waals surface area (Å²) in [5, 5.41) is 0. The van der Waals surface area contributed by atoms with E-state index in [1.54, 1.807) is 24.3 Å². The highest BCUT2D eigenvalue weighted by molar-refractivity contribution is 7.92. The van der Waals surface area contributed by atoms with Gasteiger partial charge in [0.05, 0.1) is 11.9 Å². The highest BCUT2D eigenvalue weighted by Crippen LogP contribution is 2.17. The Morgan fingerprint density at radius 1 is 1.38 bits per heavy atom. The van der Waals surface area contributed by atoms with Gasteiger partial charge >= 0.3 is 0 Å². The van der Waals surface area contributed by atoms with Crippen LogP contribution in [0, 0.1) is 0 Å². The number of carbonyl (C=O) groups is 1. The lowest BCUT2D eigenvalue weighted by molar-refractivity contribution is 0.0986. The maximum Gasteiger partial charge on any atom is 0.229 e. The molecule has 0 atom stereocenters. The van der Waals surface area contributed by atoms with Crippen LogP contribution in [0.2, 0.25) is 0 Å². The maximum absolute atomic E-state index is 11.6. The van der Waals surface area contributed by atoms with E-state index in [1.807, 2.05) is 0 Å². The van der Waals surface area contributed by atoms with Crippen LogP contribution in [0.3, 0.4) is 0 Å². The predicted octanol–water partition coefficient (Wildman–Crippen LogP) is 0.590. The van der Waals surface area contributed by atoms with Crippen molar-refractivity contribution in [2.45, 2.75) is 6.42 Å². The molecule has 0 amide bonds. The minimum Gasteiger partial charge on any atom is -0.330 e. The summed E-state index contributed by atoms with van der Waals surface area (Å²) in [6.45, 7) is 0.242. The van der Waals surface area contributed by atoms with Crippen LogP contribution in [0.4, 0.5) is 5.69 Å². The first-order valence-electron chi connectivity index (χ1n) is 4.74. The first-order valence-corrected chi connectivity index (χ1v) is 6.63. The molecule has 0 saturated carbocycles. The molecule has 0 bridgehead atoms. The zero-order chi connectivity index (χ0) is 12.2. The number of benzene rings is 1. The van der Waals surface area contributed by atoms with Crippen LogP contribution in [-0.2, 0) is 10.0 Å². The Hall–Kier alpha value is -1.40. The minimum absolute atomic E-state index is 0.172. The molecule has 0 heterocycles. The van der Waals surface area contributed by atoms with E-state index in [2.05, 4.69) is 4.72 Å². The number of hydrogen-bond acceptors (Lipinski definition) is 4. The van der Waals surface area contributed by atoms with E-state index in [1.165, 1.54) is 0 Å². The van der Waals surface area contributed by atoms with E-state index in [0.29, 0.717) is 11.3 Å². The molecule has 0 spiro atoms. The van der Waals surface area contributed by atoms with Gasteiger partial charge in [0, 0.05) is 12.0 Å². The quantitative estimate of drug-likeness (QED) is 0.739. The van der Waals surface area contributed by atoms with Crippen molar-refractivity contribution in [3.8, 4) is 0 Å². The van der Waals surface area contributed by atoms with Crippen LogP contribution in [0.15, 0.2) is 24.3 Å². The third-order valence-corrected chi connectivity index (χ3v) is 2.48. The van der Waals surface area contributed by atoms with Gasteiger partial charge in [0.1, 0.15) is 0 Å². The molecule has 0 aliphatic rings. The van der Waals surface area contributed by atoms with Gasteiger partial charge in [-0.25, -0.2) is 8.42 Å². The normalized spacial score (nSPS) is 11.1. The Kier molecular flexibility index (Phi) is 4.03. The number of anilines is 1. The van der Waals surface area contributed by atoms with Gasteiger partial charge in [-0.05, 0) is 18.7 Å². The van der Waals surface area contributed by atoms with Crippen molar-refractivity contribution >= 4 is 21.5 Å². The number of sulfonamides is 1. The van der Waals surface area contributed by atoms with E-state index >= 15 is 0 Å². The fourth-order valence-electron chi connectivity index (χ4n) is 1.28. The van der Waals surface area contributed by atoms with Gasteiger partial charge in [-0.2, -0.15) is 0 Å². The Labute approximate surface area is 94.7 Å². The third kappa shape index (κ3) is 3.63. The Morgan fingerprint density at radius 3 is 2.56 bits per heavy atom. The van der Waals surface area contributed by atoms with Crippen molar-refractivity contribution in [1.82, 2.24) is 0 Å². The summed E-state index contributed by atoms with van der Waals surface area (Å²) < 4.78 is 24.5. The highest BCUT2D eigenvalue weighted by atomic mass is 32.2. The monoisotopic (exact) mass is 242 g/mol. The van der Waals surface area contributed by atoms with Crippen molar-refractivity contribution < 1.29 is 13.2 Å². The summed E-state index contributed by atoms with van der Waals surface area (Å²) in [4.78, 5) is 11.6. The Bertz CT molecular complexity index is 483. The van der Waals surface area contributed by atoms with Crippen LogP contribution in [0.25, 0.3) is 0 Å². The van der Waals surface area contributed by atoms with Crippen LogP contribution < -0.4 is 10.5 Å². The van der Waals surface area contributed by atoms with E-state index in [9.17, 15) is 13.2 Å². The molecule has 0 aromatic heterocycles. The molecule has 0 fully saturated rings. The SMILES string of the molecule is CS(=O)(=O)Nc1ccccc1C(=O)CCN. The average molecular weight is 242 g/mol. The molecule has 0 aliphatic heterocycles. The predicted molar refractivity (Wildman–Crippen MR) is 62.9 cm³/mol. The topological polar surface area (TPSA) is 89.3 Å². The number of carbonyl (C=O) groups excluding carboxylic acids is 1. The van der Waals surface area contributed by atoms with E-state index in [4.69, 9.17) is 5.73 Å². The molecule has 16 heavy (non-hydrogen) atoms. The highest BCUT2D eigenvalue weighted by Gasteiger charge is 2.12.